The molecule has 6 heteroatoms. The average molecular weight is 1200 g/mol. The molecule has 0 fully saturated rings. The minimum atomic E-state index is 1.20. The highest BCUT2D eigenvalue weighted by Gasteiger charge is 2.24. The summed E-state index contributed by atoms with van der Waals surface area (Å²) in [5.74, 6) is 0. The van der Waals surface area contributed by atoms with Crippen molar-refractivity contribution in [1.29, 1.82) is 0 Å². The Morgan fingerprint density at radius 3 is 1.17 bits per heavy atom. The summed E-state index contributed by atoms with van der Waals surface area (Å²) in [7, 11) is 0. The lowest BCUT2D eigenvalue weighted by Gasteiger charge is -2.10. The summed E-state index contributed by atoms with van der Waals surface area (Å²) in [4.78, 5) is 0. The molecule has 3 nitrogen and oxygen atoms in total. The first kappa shape index (κ1) is 51.2. The molecule has 0 radical (unpaired) electrons. The van der Waals surface area contributed by atoms with E-state index in [1.807, 2.05) is 34.0 Å². The molecule has 90 heavy (non-hydrogen) atoms. The summed E-state index contributed by atoms with van der Waals surface area (Å²) in [6.45, 7) is 0. The molecule has 0 aliphatic rings. The fourth-order valence-electron chi connectivity index (χ4n) is 14.8. The fourth-order valence-corrected chi connectivity index (χ4v) is 18.6. The van der Waals surface area contributed by atoms with E-state index in [1.165, 1.54) is 175 Å². The van der Waals surface area contributed by atoms with Crippen molar-refractivity contribution in [3.05, 3.63) is 309 Å². The van der Waals surface area contributed by atoms with E-state index in [-0.39, 0.29) is 0 Å². The Kier molecular flexibility index (Phi) is 11.6. The molecule has 0 aliphatic heterocycles. The van der Waals surface area contributed by atoms with Gasteiger partial charge in [-0.2, -0.15) is 0 Å². The van der Waals surface area contributed by atoms with Crippen LogP contribution >= 0.6 is 34.0 Å². The zero-order valence-corrected chi connectivity index (χ0v) is 51.0. The van der Waals surface area contributed by atoms with E-state index >= 15 is 0 Å². The number of aromatic nitrogens is 3. The van der Waals surface area contributed by atoms with Crippen molar-refractivity contribution in [2.24, 2.45) is 0 Å². The molecule has 6 aromatic heterocycles. The Labute approximate surface area is 528 Å². The van der Waals surface area contributed by atoms with Gasteiger partial charge in [0.15, 0.2) is 0 Å². The number of nitrogens with zero attached hydrogens (tertiary/aromatic N) is 3. The third-order valence-electron chi connectivity index (χ3n) is 18.5. The van der Waals surface area contributed by atoms with E-state index in [4.69, 9.17) is 0 Å². The molecule has 0 N–H and O–H groups in total. The maximum Gasteiger partial charge on any atom is 0.0726 e. The topological polar surface area (TPSA) is 14.8 Å². The highest BCUT2D eigenvalue weighted by molar-refractivity contribution is 7.27. The van der Waals surface area contributed by atoms with Crippen LogP contribution in [0.3, 0.4) is 0 Å². The van der Waals surface area contributed by atoms with Gasteiger partial charge in [0.05, 0.1) is 42.5 Å². The quantitative estimate of drug-likeness (QED) is 0.167. The molecule has 0 unspecified atom stereocenters. The van der Waals surface area contributed by atoms with Gasteiger partial charge in [-0.05, 0) is 99.7 Å². The highest BCUT2D eigenvalue weighted by Crippen LogP contribution is 2.51. The van der Waals surface area contributed by atoms with Crippen LogP contribution in [0.1, 0.15) is 0 Å². The zero-order valence-electron chi connectivity index (χ0n) is 48.5. The Morgan fingerprint density at radius 1 is 0.178 bits per heavy atom. The van der Waals surface area contributed by atoms with Crippen molar-refractivity contribution in [3.8, 4) is 17.1 Å². The number of hydrogen-bond donors (Lipinski definition) is 0. The van der Waals surface area contributed by atoms with Gasteiger partial charge in [0.25, 0.3) is 0 Å². The predicted octanol–water partition coefficient (Wildman–Crippen LogP) is 24.9. The van der Waals surface area contributed by atoms with Crippen LogP contribution in [0.2, 0.25) is 0 Å². The fraction of sp³-hybridized carbons (Fsp3) is 0. The van der Waals surface area contributed by atoms with E-state index in [9.17, 15) is 0 Å². The first-order chi connectivity index (χ1) is 44.7. The monoisotopic (exact) mass is 1200 g/mol. The highest BCUT2D eigenvalue weighted by atomic mass is 32.1. The summed E-state index contributed by atoms with van der Waals surface area (Å²) >= 11 is 5.73. The molecule has 0 bridgehead atoms. The summed E-state index contributed by atoms with van der Waals surface area (Å²) in [5, 5.41) is 24.1. The van der Waals surface area contributed by atoms with Gasteiger partial charge in [-0.1, -0.05) is 237 Å². The third-order valence-corrected chi connectivity index (χ3v) is 22.1. The second-order valence-electron chi connectivity index (χ2n) is 23.3. The molecule has 0 saturated heterocycles. The van der Waals surface area contributed by atoms with Crippen molar-refractivity contribution in [2.45, 2.75) is 0 Å². The second-order valence-corrected chi connectivity index (χ2v) is 26.5. The van der Waals surface area contributed by atoms with E-state index in [1.54, 1.807) is 0 Å². The number of fused-ring (bicyclic) bond motifs is 29. The predicted molar refractivity (Wildman–Crippen MR) is 394 cm³/mol. The molecule has 420 valence electrons. The normalized spacial score (nSPS) is 12.0. The average Bonchev–Trinajstić information content (AvgIpc) is 1.56. The van der Waals surface area contributed by atoms with Crippen molar-refractivity contribution in [1.82, 2.24) is 13.7 Å². The van der Waals surface area contributed by atoms with E-state index in [0.717, 1.165) is 0 Å². The van der Waals surface area contributed by atoms with Gasteiger partial charge in [0, 0.05) is 106 Å². The smallest absolute Gasteiger partial charge is 0.0726 e. The first-order valence-electron chi connectivity index (χ1n) is 30.7. The largest absolute Gasteiger partial charge is 0.309 e. The lowest BCUT2D eigenvalue weighted by Crippen LogP contribution is -1.93. The molecule has 21 aromatic rings. The number of para-hydroxylation sites is 5. The van der Waals surface area contributed by atoms with Gasteiger partial charge in [0.1, 0.15) is 0 Å². The number of hydrogen-bond acceptors (Lipinski definition) is 3. The molecule has 0 aliphatic carbocycles. The Bertz CT molecular complexity index is 6410. The summed E-state index contributed by atoms with van der Waals surface area (Å²) in [6.07, 6.45) is 0. The molecule has 15 aromatic carbocycles. The van der Waals surface area contributed by atoms with E-state index in [0.29, 0.717) is 0 Å². The minimum Gasteiger partial charge on any atom is -0.309 e. The number of thiophene rings is 3. The van der Waals surface area contributed by atoms with Crippen LogP contribution in [0, 0.1) is 0 Å². The van der Waals surface area contributed by atoms with Crippen molar-refractivity contribution >= 4 is 192 Å². The molecule has 21 rings (SSSR count). The van der Waals surface area contributed by atoms with Crippen molar-refractivity contribution in [2.75, 3.05) is 0 Å². The third kappa shape index (κ3) is 7.56. The molecule has 0 amide bonds. The molecule has 0 atom stereocenters. The van der Waals surface area contributed by atoms with Crippen LogP contribution in [0.4, 0.5) is 0 Å². The van der Waals surface area contributed by atoms with Crippen LogP contribution in [0.25, 0.3) is 175 Å². The Balaban J connectivity index is 0.0000000972. The van der Waals surface area contributed by atoms with Crippen LogP contribution in [-0.2, 0) is 0 Å². The lowest BCUT2D eigenvalue weighted by molar-refractivity contribution is 1.19. The summed E-state index contributed by atoms with van der Waals surface area (Å²) in [5.41, 5.74) is 11.3. The molecule has 0 spiro atoms. The van der Waals surface area contributed by atoms with Crippen molar-refractivity contribution in [3.63, 3.8) is 0 Å². The number of rotatable bonds is 3. The van der Waals surface area contributed by atoms with Gasteiger partial charge >= 0.3 is 0 Å². The van der Waals surface area contributed by atoms with E-state index in [2.05, 4.69) is 323 Å². The SMILES string of the molecule is c1ccc(-n2c3ccc4ccccc4c3c3ccc4c5ccccc5sc4c32)cc1.c1ccc(-n2c3ccccc3c3c4ccccc4c4c5ccccc5sc4c32)cc1.c1ccc(-n2c3ccccc3c3c4sc5ccccc5c4c4ccccc4c32)cc1. The minimum absolute atomic E-state index is 1.20. The zero-order chi connectivity index (χ0) is 59.0. The van der Waals surface area contributed by atoms with Crippen LogP contribution in [-0.4, -0.2) is 13.7 Å². The number of benzene rings is 15. The van der Waals surface area contributed by atoms with Crippen LogP contribution in [0.15, 0.2) is 309 Å². The molecular weight excluding hydrogens is 1150 g/mol. The summed E-state index contributed by atoms with van der Waals surface area (Å²) < 4.78 is 15.5. The maximum absolute atomic E-state index is 2.45. The standard InChI is InChI=1S/3C28H17NS/c1-2-10-18(11-3-1)29-23-16-8-6-14-21(23)26-27(29)20-13-5-4-12-19(20)25-22-15-7-9-17-24(22)30-28(25)26;1-2-10-18(11-3-1)29-23-16-8-6-14-21(23)25-19-12-4-5-13-20(19)26-22-15-7-9-17-24(22)30-28(26)27(25)29;1-2-9-19(10-3-1)29-24-17-14-18-8-4-5-11-20(18)26(24)23-16-15-22-21-12-6-7-13-25(21)30-28(22)27(23)29/h3*1-17H. The Hall–Kier alpha value is -10.9. The van der Waals surface area contributed by atoms with Gasteiger partial charge in [0.2, 0.25) is 0 Å². The maximum atomic E-state index is 2.45. The van der Waals surface area contributed by atoms with Crippen molar-refractivity contribution < 1.29 is 0 Å². The molecular formula is C84H51N3S3. The lowest BCUT2D eigenvalue weighted by atomic mass is 9.99. The Morgan fingerprint density at radius 2 is 0.567 bits per heavy atom. The van der Waals surface area contributed by atoms with Crippen LogP contribution < -0.4 is 0 Å². The summed E-state index contributed by atoms with van der Waals surface area (Å²) in [6, 6.07) is 112. The van der Waals surface area contributed by atoms with E-state index < -0.39 is 0 Å². The van der Waals surface area contributed by atoms with Gasteiger partial charge in [-0.25, -0.2) is 0 Å². The second kappa shape index (κ2) is 20.4. The molecule has 6 heterocycles. The first-order valence-corrected chi connectivity index (χ1v) is 33.1. The van der Waals surface area contributed by atoms with Gasteiger partial charge in [-0.15, -0.1) is 34.0 Å². The van der Waals surface area contributed by atoms with Gasteiger partial charge in [-0.3, -0.25) is 0 Å². The van der Waals surface area contributed by atoms with Crippen LogP contribution in [0.5, 0.6) is 0 Å². The van der Waals surface area contributed by atoms with Gasteiger partial charge < -0.3 is 13.7 Å². The molecule has 0 saturated carbocycles.